The Balaban J connectivity index is 2.14. The fraction of sp³-hybridized carbons (Fsp3) is 0.600. The Morgan fingerprint density at radius 1 is 1.06 bits per heavy atom. The van der Waals surface area contributed by atoms with Gasteiger partial charge in [-0.25, -0.2) is 0 Å². The number of hydrogen-bond acceptors (Lipinski definition) is 1. The van der Waals surface area contributed by atoms with E-state index in [9.17, 15) is 5.11 Å². The van der Waals surface area contributed by atoms with Crippen molar-refractivity contribution in [1.82, 2.24) is 0 Å². The first-order valence-corrected chi connectivity index (χ1v) is 9.93. The molecule has 17 heavy (non-hydrogen) atoms. The summed E-state index contributed by atoms with van der Waals surface area (Å²) < 4.78 is 0. The van der Waals surface area contributed by atoms with Gasteiger partial charge in [0.05, 0.1) is 5.73 Å². The first-order valence-electron chi connectivity index (χ1n) is 6.86. The van der Waals surface area contributed by atoms with Crippen LogP contribution in [0.15, 0.2) is 30.3 Å². The zero-order valence-electron chi connectivity index (χ0n) is 11.0. The van der Waals surface area contributed by atoms with E-state index < -0.39 is 8.07 Å². The molecule has 0 spiro atoms. The maximum Gasteiger partial charge on any atom is 0.113 e. The van der Waals surface area contributed by atoms with Crippen molar-refractivity contribution in [3.63, 3.8) is 0 Å². The zero-order valence-corrected chi connectivity index (χ0v) is 12.0. The van der Waals surface area contributed by atoms with E-state index in [1.807, 2.05) is 0 Å². The van der Waals surface area contributed by atoms with Crippen molar-refractivity contribution in [2.75, 3.05) is 0 Å². The third-order valence-electron chi connectivity index (χ3n) is 4.35. The molecular weight excluding hydrogens is 224 g/mol. The van der Waals surface area contributed by atoms with Gasteiger partial charge in [-0.05, 0) is 18.8 Å². The van der Waals surface area contributed by atoms with Crippen LogP contribution in [-0.2, 0) is 0 Å². The summed E-state index contributed by atoms with van der Waals surface area (Å²) in [7, 11) is -1.71. The minimum Gasteiger partial charge on any atom is -0.396 e. The van der Waals surface area contributed by atoms with Crippen molar-refractivity contribution in [2.45, 2.75) is 50.9 Å². The average molecular weight is 248 g/mol. The van der Waals surface area contributed by atoms with Gasteiger partial charge in [-0.3, -0.25) is 0 Å². The molecule has 1 aromatic rings. The van der Waals surface area contributed by atoms with Gasteiger partial charge >= 0.3 is 0 Å². The first-order chi connectivity index (χ1) is 8.12. The number of aliphatic hydroxyl groups is 1. The minimum absolute atomic E-state index is 0.0785. The highest BCUT2D eigenvalue weighted by atomic mass is 28.3. The van der Waals surface area contributed by atoms with Crippen molar-refractivity contribution >= 4 is 13.3 Å². The molecule has 2 rings (SSSR count). The standard InChI is InChI=1S/C15H24OSi/c1-17(2,14-11-7-4-8-12-14)15(16)13-9-5-3-6-10-13/h4,7-8,11-13,15-16H,3,5-6,9-10H2,1-2H3/t15-/m1/s1. The first kappa shape index (κ1) is 12.8. The van der Waals surface area contributed by atoms with Gasteiger partial charge in [0.1, 0.15) is 8.07 Å². The van der Waals surface area contributed by atoms with Crippen LogP contribution in [0.1, 0.15) is 32.1 Å². The highest BCUT2D eigenvalue weighted by molar-refractivity contribution is 6.90. The normalized spacial score (nSPS) is 20.2. The third kappa shape index (κ3) is 2.80. The number of aliphatic hydroxyl groups excluding tert-OH is 1. The van der Waals surface area contributed by atoms with Crippen LogP contribution in [0, 0.1) is 5.92 Å². The molecule has 1 nitrogen and oxygen atoms in total. The second-order valence-electron chi connectivity index (χ2n) is 5.93. The lowest BCUT2D eigenvalue weighted by atomic mass is 9.90. The van der Waals surface area contributed by atoms with Crippen molar-refractivity contribution in [2.24, 2.45) is 5.92 Å². The molecule has 1 aliphatic carbocycles. The largest absolute Gasteiger partial charge is 0.396 e. The van der Waals surface area contributed by atoms with Crippen LogP contribution in [0.25, 0.3) is 0 Å². The maximum absolute atomic E-state index is 10.7. The summed E-state index contributed by atoms with van der Waals surface area (Å²) in [5, 5.41) is 12.1. The van der Waals surface area contributed by atoms with Gasteiger partial charge in [0, 0.05) is 0 Å². The van der Waals surface area contributed by atoms with Gasteiger partial charge in [0.25, 0.3) is 0 Å². The fourth-order valence-electron chi connectivity index (χ4n) is 3.08. The van der Waals surface area contributed by atoms with E-state index in [1.54, 1.807) is 0 Å². The van der Waals surface area contributed by atoms with Gasteiger partial charge in [-0.2, -0.15) is 0 Å². The predicted molar refractivity (Wildman–Crippen MR) is 76.1 cm³/mol. The Morgan fingerprint density at radius 2 is 1.65 bits per heavy atom. The third-order valence-corrected chi connectivity index (χ3v) is 8.13. The Kier molecular flexibility index (Phi) is 4.05. The summed E-state index contributed by atoms with van der Waals surface area (Å²) in [5.74, 6) is 0.547. The van der Waals surface area contributed by atoms with E-state index in [0.717, 1.165) is 0 Å². The maximum atomic E-state index is 10.7. The predicted octanol–water partition coefficient (Wildman–Crippen LogP) is 3.08. The molecule has 0 radical (unpaired) electrons. The summed E-state index contributed by atoms with van der Waals surface area (Å²) in [6.45, 7) is 4.61. The van der Waals surface area contributed by atoms with Gasteiger partial charge in [0.15, 0.2) is 0 Å². The van der Waals surface area contributed by atoms with Crippen LogP contribution in [0.4, 0.5) is 0 Å². The van der Waals surface area contributed by atoms with Gasteiger partial charge < -0.3 is 5.11 Å². The lowest BCUT2D eigenvalue weighted by Crippen LogP contribution is -2.55. The number of rotatable bonds is 3. The lowest BCUT2D eigenvalue weighted by molar-refractivity contribution is 0.144. The zero-order chi connectivity index (χ0) is 12.3. The van der Waals surface area contributed by atoms with Crippen LogP contribution < -0.4 is 5.19 Å². The molecule has 0 amide bonds. The van der Waals surface area contributed by atoms with E-state index in [4.69, 9.17) is 0 Å². The van der Waals surface area contributed by atoms with Crippen molar-refractivity contribution in [1.29, 1.82) is 0 Å². The summed E-state index contributed by atoms with van der Waals surface area (Å²) in [6, 6.07) is 10.6. The van der Waals surface area contributed by atoms with Gasteiger partial charge in [-0.15, -0.1) is 0 Å². The Bertz CT molecular complexity index is 341. The van der Waals surface area contributed by atoms with E-state index in [-0.39, 0.29) is 5.73 Å². The van der Waals surface area contributed by atoms with E-state index in [1.165, 1.54) is 37.3 Å². The SMILES string of the molecule is C[Si](C)(c1ccccc1)[C@@H](O)C1CCCCC1. The smallest absolute Gasteiger partial charge is 0.113 e. The molecule has 0 bridgehead atoms. The molecule has 1 aromatic carbocycles. The van der Waals surface area contributed by atoms with E-state index >= 15 is 0 Å². The Labute approximate surface area is 106 Å². The summed E-state index contributed by atoms with van der Waals surface area (Å²) in [5.41, 5.74) is -0.0785. The molecular formula is C15H24OSi. The highest BCUT2D eigenvalue weighted by Crippen LogP contribution is 2.30. The van der Waals surface area contributed by atoms with Gasteiger partial charge in [0.2, 0.25) is 0 Å². The Morgan fingerprint density at radius 3 is 2.24 bits per heavy atom. The number of hydrogen-bond donors (Lipinski definition) is 1. The molecule has 0 saturated heterocycles. The van der Waals surface area contributed by atoms with Crippen LogP contribution in [0.3, 0.4) is 0 Å². The molecule has 2 heteroatoms. The highest BCUT2D eigenvalue weighted by Gasteiger charge is 2.37. The molecule has 1 saturated carbocycles. The molecule has 0 aromatic heterocycles. The topological polar surface area (TPSA) is 20.2 Å². The second kappa shape index (κ2) is 5.36. The van der Waals surface area contributed by atoms with Crippen LogP contribution in [0.5, 0.6) is 0 Å². The van der Waals surface area contributed by atoms with E-state index in [0.29, 0.717) is 5.92 Å². The number of benzene rings is 1. The van der Waals surface area contributed by atoms with Crippen molar-refractivity contribution < 1.29 is 5.11 Å². The van der Waals surface area contributed by atoms with Crippen molar-refractivity contribution in [3.05, 3.63) is 30.3 Å². The average Bonchev–Trinajstić information content (AvgIpc) is 2.40. The summed E-state index contributed by atoms with van der Waals surface area (Å²) in [4.78, 5) is 0. The molecule has 0 aliphatic heterocycles. The monoisotopic (exact) mass is 248 g/mol. The molecule has 1 fully saturated rings. The molecule has 1 atom stereocenters. The quantitative estimate of drug-likeness (QED) is 0.815. The second-order valence-corrected chi connectivity index (χ2v) is 10.5. The minimum atomic E-state index is -1.71. The molecule has 94 valence electrons. The molecule has 1 aliphatic rings. The fourth-order valence-corrected chi connectivity index (χ4v) is 5.98. The van der Waals surface area contributed by atoms with Crippen LogP contribution >= 0.6 is 0 Å². The van der Waals surface area contributed by atoms with Gasteiger partial charge in [-0.1, -0.05) is 67.9 Å². The van der Waals surface area contributed by atoms with Crippen LogP contribution in [-0.4, -0.2) is 18.9 Å². The van der Waals surface area contributed by atoms with E-state index in [2.05, 4.69) is 43.4 Å². The summed E-state index contributed by atoms with van der Waals surface area (Å²) in [6.07, 6.45) is 6.42. The van der Waals surface area contributed by atoms with Crippen molar-refractivity contribution in [3.8, 4) is 0 Å². The molecule has 0 heterocycles. The van der Waals surface area contributed by atoms with Crippen LogP contribution in [0.2, 0.25) is 13.1 Å². The molecule has 1 N–H and O–H groups in total. The molecule has 0 unspecified atom stereocenters. The summed E-state index contributed by atoms with van der Waals surface area (Å²) >= 11 is 0. The lowest BCUT2D eigenvalue weighted by Gasteiger charge is -2.36. The Hall–Kier alpha value is -0.603.